The van der Waals surface area contributed by atoms with Crippen LogP contribution in [-0.2, 0) is 17.8 Å². The summed E-state index contributed by atoms with van der Waals surface area (Å²) in [5.74, 6) is 0.815. The minimum Gasteiger partial charge on any atom is -0.500 e. The van der Waals surface area contributed by atoms with Gasteiger partial charge in [-0.05, 0) is 38.1 Å². The number of rotatable bonds is 3. The number of methoxy groups -OCH3 is 1. The second-order valence-electron chi connectivity index (χ2n) is 5.31. The Bertz CT molecular complexity index is 433. The van der Waals surface area contributed by atoms with E-state index in [0.29, 0.717) is 0 Å². The molecule has 0 spiro atoms. The molecule has 1 aliphatic heterocycles. The summed E-state index contributed by atoms with van der Waals surface area (Å²) in [5.41, 5.74) is 2.24. The maximum Gasteiger partial charge on any atom is 0.102 e. The third-order valence-corrected chi connectivity index (χ3v) is 3.57. The van der Waals surface area contributed by atoms with Gasteiger partial charge in [-0.2, -0.15) is 0 Å². The smallest absolute Gasteiger partial charge is 0.102 e. The molecule has 0 radical (unpaired) electrons. The molecule has 0 unspecified atom stereocenters. The Labute approximate surface area is 121 Å². The molecule has 110 valence electrons. The molecule has 0 saturated carbocycles. The molecular formula is C16H25N3O. The molecule has 0 saturated heterocycles. The zero-order valence-electron chi connectivity index (χ0n) is 12.4. The van der Waals surface area contributed by atoms with E-state index in [4.69, 9.17) is 9.72 Å². The topological polar surface area (TPSA) is 37.4 Å². The highest BCUT2D eigenvalue weighted by atomic mass is 16.5. The maximum absolute atomic E-state index is 5.21. The van der Waals surface area contributed by atoms with Crippen molar-refractivity contribution in [1.29, 1.82) is 0 Å². The Morgan fingerprint density at radius 2 is 2.20 bits per heavy atom. The number of fused-ring (bicyclic) bond motifs is 2. The molecule has 0 aliphatic carbocycles. The average molecular weight is 275 g/mol. The van der Waals surface area contributed by atoms with Crippen LogP contribution < -0.4 is 5.32 Å². The van der Waals surface area contributed by atoms with E-state index in [-0.39, 0.29) is 0 Å². The first-order valence-electron chi connectivity index (χ1n) is 7.37. The van der Waals surface area contributed by atoms with E-state index in [2.05, 4.69) is 35.0 Å². The van der Waals surface area contributed by atoms with Crippen LogP contribution in [-0.4, -0.2) is 36.6 Å². The van der Waals surface area contributed by atoms with Crippen molar-refractivity contribution in [3.63, 3.8) is 0 Å². The molecule has 0 fully saturated rings. The van der Waals surface area contributed by atoms with E-state index in [1.807, 2.05) is 0 Å². The first-order valence-corrected chi connectivity index (χ1v) is 7.37. The van der Waals surface area contributed by atoms with Gasteiger partial charge in [0.1, 0.15) is 5.76 Å². The second-order valence-corrected chi connectivity index (χ2v) is 5.31. The predicted molar refractivity (Wildman–Crippen MR) is 81.2 cm³/mol. The van der Waals surface area contributed by atoms with Gasteiger partial charge in [-0.3, -0.25) is 9.88 Å². The number of nitrogens with one attached hydrogen (secondary N) is 1. The monoisotopic (exact) mass is 275 g/mol. The van der Waals surface area contributed by atoms with E-state index < -0.39 is 0 Å². The molecule has 2 heterocycles. The highest BCUT2D eigenvalue weighted by molar-refractivity contribution is 5.11. The van der Waals surface area contributed by atoms with Crippen molar-refractivity contribution in [1.82, 2.24) is 15.2 Å². The Kier molecular flexibility index (Phi) is 6.02. The SMILES string of the molecule is C=C(CN1CCCCCNCc2cccc(n2)C1)OC. The van der Waals surface area contributed by atoms with Crippen molar-refractivity contribution in [2.45, 2.75) is 32.4 Å². The Balaban J connectivity index is 2.07. The highest BCUT2D eigenvalue weighted by Crippen LogP contribution is 2.09. The summed E-state index contributed by atoms with van der Waals surface area (Å²) in [6.45, 7) is 8.56. The largest absolute Gasteiger partial charge is 0.500 e. The molecule has 0 atom stereocenters. The fraction of sp³-hybridized carbons (Fsp3) is 0.562. The quantitative estimate of drug-likeness (QED) is 0.859. The average Bonchev–Trinajstić information content (AvgIpc) is 2.45. The van der Waals surface area contributed by atoms with Gasteiger partial charge in [0.05, 0.1) is 25.0 Å². The van der Waals surface area contributed by atoms with Crippen molar-refractivity contribution in [2.75, 3.05) is 26.7 Å². The number of aromatic nitrogens is 1. The predicted octanol–water partition coefficient (Wildman–Crippen LogP) is 2.32. The van der Waals surface area contributed by atoms with Crippen molar-refractivity contribution in [3.8, 4) is 0 Å². The summed E-state index contributed by atoms with van der Waals surface area (Å²) in [6, 6.07) is 6.27. The summed E-state index contributed by atoms with van der Waals surface area (Å²) in [5, 5.41) is 3.45. The Hall–Kier alpha value is -1.39. The molecule has 2 bridgehead atoms. The first kappa shape index (κ1) is 15.0. The van der Waals surface area contributed by atoms with E-state index in [1.165, 1.54) is 19.3 Å². The lowest BCUT2D eigenvalue weighted by atomic mass is 10.2. The van der Waals surface area contributed by atoms with Crippen LogP contribution in [0, 0.1) is 0 Å². The summed E-state index contributed by atoms with van der Waals surface area (Å²) >= 11 is 0. The standard InChI is InChI=1S/C16H25N3O/c1-14(20-2)12-19-10-5-3-4-9-17-11-15-7-6-8-16(13-19)18-15/h6-8,17H,1,3-5,9-13H2,2H3. The molecule has 1 N–H and O–H groups in total. The van der Waals surface area contributed by atoms with E-state index >= 15 is 0 Å². The molecule has 1 aromatic rings. The zero-order chi connectivity index (χ0) is 14.2. The maximum atomic E-state index is 5.21. The Morgan fingerprint density at radius 1 is 1.35 bits per heavy atom. The molecule has 4 heteroatoms. The van der Waals surface area contributed by atoms with Crippen molar-refractivity contribution < 1.29 is 4.74 Å². The molecule has 2 rings (SSSR count). The van der Waals surface area contributed by atoms with Crippen molar-refractivity contribution >= 4 is 0 Å². The first-order chi connectivity index (χ1) is 9.78. The Morgan fingerprint density at radius 3 is 3.05 bits per heavy atom. The van der Waals surface area contributed by atoms with Crippen LogP contribution in [0.2, 0.25) is 0 Å². The van der Waals surface area contributed by atoms with Crippen LogP contribution in [0.3, 0.4) is 0 Å². The van der Waals surface area contributed by atoms with Gasteiger partial charge in [0, 0.05) is 13.1 Å². The number of pyridine rings is 1. The fourth-order valence-electron chi connectivity index (χ4n) is 2.45. The number of ether oxygens (including phenoxy) is 1. The van der Waals surface area contributed by atoms with Crippen LogP contribution in [0.4, 0.5) is 0 Å². The molecular weight excluding hydrogens is 250 g/mol. The molecule has 1 aliphatic rings. The number of hydrogen-bond acceptors (Lipinski definition) is 4. The third kappa shape index (κ3) is 4.94. The third-order valence-electron chi connectivity index (χ3n) is 3.57. The molecule has 4 nitrogen and oxygen atoms in total. The zero-order valence-corrected chi connectivity index (χ0v) is 12.4. The van der Waals surface area contributed by atoms with Crippen LogP contribution in [0.25, 0.3) is 0 Å². The van der Waals surface area contributed by atoms with Gasteiger partial charge in [0.15, 0.2) is 0 Å². The van der Waals surface area contributed by atoms with E-state index in [1.54, 1.807) is 7.11 Å². The van der Waals surface area contributed by atoms with Gasteiger partial charge in [-0.1, -0.05) is 19.1 Å². The lowest BCUT2D eigenvalue weighted by Gasteiger charge is -2.23. The molecule has 1 aromatic heterocycles. The van der Waals surface area contributed by atoms with Gasteiger partial charge in [0.25, 0.3) is 0 Å². The summed E-state index contributed by atoms with van der Waals surface area (Å²) < 4.78 is 5.21. The summed E-state index contributed by atoms with van der Waals surface area (Å²) in [4.78, 5) is 7.08. The summed E-state index contributed by atoms with van der Waals surface area (Å²) in [7, 11) is 1.68. The second kappa shape index (κ2) is 8.02. The van der Waals surface area contributed by atoms with Gasteiger partial charge in [-0.25, -0.2) is 0 Å². The minimum atomic E-state index is 0.778. The lowest BCUT2D eigenvalue weighted by Crippen LogP contribution is -2.28. The van der Waals surface area contributed by atoms with Gasteiger partial charge in [0.2, 0.25) is 0 Å². The van der Waals surface area contributed by atoms with Crippen LogP contribution in [0.1, 0.15) is 30.7 Å². The highest BCUT2D eigenvalue weighted by Gasteiger charge is 2.10. The fourth-order valence-corrected chi connectivity index (χ4v) is 2.45. The van der Waals surface area contributed by atoms with Gasteiger partial charge >= 0.3 is 0 Å². The number of hydrogen-bond donors (Lipinski definition) is 1. The van der Waals surface area contributed by atoms with Gasteiger partial charge < -0.3 is 10.1 Å². The molecule has 0 aromatic carbocycles. The van der Waals surface area contributed by atoms with Gasteiger partial charge in [-0.15, -0.1) is 0 Å². The van der Waals surface area contributed by atoms with E-state index in [9.17, 15) is 0 Å². The van der Waals surface area contributed by atoms with E-state index in [0.717, 1.165) is 49.9 Å². The normalized spacial score (nSPS) is 17.9. The van der Waals surface area contributed by atoms with Crippen LogP contribution in [0.15, 0.2) is 30.5 Å². The molecule has 0 amide bonds. The minimum absolute atomic E-state index is 0.778. The number of nitrogens with zero attached hydrogens (tertiary/aromatic N) is 2. The van der Waals surface area contributed by atoms with Crippen LogP contribution in [0.5, 0.6) is 0 Å². The van der Waals surface area contributed by atoms with Crippen molar-refractivity contribution in [3.05, 3.63) is 41.9 Å². The summed E-state index contributed by atoms with van der Waals surface area (Å²) in [6.07, 6.45) is 3.68. The van der Waals surface area contributed by atoms with Crippen molar-refractivity contribution in [2.24, 2.45) is 0 Å². The lowest BCUT2D eigenvalue weighted by molar-refractivity contribution is 0.204. The van der Waals surface area contributed by atoms with Crippen LogP contribution >= 0.6 is 0 Å². The molecule has 20 heavy (non-hydrogen) atoms.